The molecule has 1 aliphatic heterocycles. The molecule has 1 heterocycles. The molecule has 1 fully saturated rings. The van der Waals surface area contributed by atoms with Gasteiger partial charge in [0.2, 0.25) is 0 Å². The van der Waals surface area contributed by atoms with Gasteiger partial charge >= 0.3 is 0 Å². The van der Waals surface area contributed by atoms with E-state index in [-0.39, 0.29) is 37.5 Å². The molecule has 1 saturated heterocycles. The second kappa shape index (κ2) is 8.94. The van der Waals surface area contributed by atoms with Crippen LogP contribution in [0.2, 0.25) is 5.02 Å². The van der Waals surface area contributed by atoms with Crippen LogP contribution in [0.15, 0.2) is 24.3 Å². The summed E-state index contributed by atoms with van der Waals surface area (Å²) < 4.78 is 13.1. The van der Waals surface area contributed by atoms with E-state index in [0.717, 1.165) is 31.7 Å². The third-order valence-corrected chi connectivity index (χ3v) is 3.25. The maximum Gasteiger partial charge on any atom is 0.109 e. The second-order valence-electron chi connectivity index (χ2n) is 4.01. The van der Waals surface area contributed by atoms with Gasteiger partial charge in [-0.3, -0.25) is 4.90 Å². The van der Waals surface area contributed by atoms with Crippen molar-refractivity contribution in [3.8, 4) is 0 Å². The zero-order chi connectivity index (χ0) is 11.4. The molecule has 6 heteroatoms. The van der Waals surface area contributed by atoms with Crippen LogP contribution >= 0.6 is 36.4 Å². The largest absolute Gasteiger partial charge is 0.314 e. The summed E-state index contributed by atoms with van der Waals surface area (Å²) in [5.74, 6) is 0. The zero-order valence-electron chi connectivity index (χ0n) is 9.94. The van der Waals surface area contributed by atoms with E-state index in [1.54, 1.807) is 0 Å². The third kappa shape index (κ3) is 4.56. The van der Waals surface area contributed by atoms with Gasteiger partial charge in [-0.15, -0.1) is 24.8 Å². The molecule has 0 amide bonds. The zero-order valence-corrected chi connectivity index (χ0v) is 12.3. The third-order valence-electron chi connectivity index (χ3n) is 2.99. The Morgan fingerprint density at radius 2 is 1.72 bits per heavy atom. The van der Waals surface area contributed by atoms with Gasteiger partial charge in [-0.05, 0) is 17.7 Å². The molecule has 18 heavy (non-hydrogen) atoms. The summed E-state index contributed by atoms with van der Waals surface area (Å²) in [4.78, 5) is 2.18. The Kier molecular flexibility index (Phi) is 8.91. The number of nitrogens with one attached hydrogen (secondary N) is 1. The van der Waals surface area contributed by atoms with Gasteiger partial charge in [-0.25, -0.2) is 4.39 Å². The predicted octanol–water partition coefficient (Wildman–Crippen LogP) is 3.10. The molecule has 0 saturated carbocycles. The first-order valence-electron chi connectivity index (χ1n) is 5.57. The number of piperazine rings is 1. The molecule has 1 atom stereocenters. The molecular weight excluding hydrogens is 298 g/mol. The molecule has 0 aromatic heterocycles. The van der Waals surface area contributed by atoms with Crippen LogP contribution in [0.3, 0.4) is 0 Å². The first-order chi connectivity index (χ1) is 7.81. The lowest BCUT2D eigenvalue weighted by molar-refractivity contribution is 0.147. The van der Waals surface area contributed by atoms with Gasteiger partial charge in [0, 0.05) is 31.2 Å². The molecule has 0 radical (unpaired) electrons. The molecule has 1 aromatic rings. The van der Waals surface area contributed by atoms with Crippen LogP contribution in [0.25, 0.3) is 0 Å². The van der Waals surface area contributed by atoms with E-state index in [2.05, 4.69) is 10.2 Å². The van der Waals surface area contributed by atoms with Crippen LogP contribution in [0.5, 0.6) is 0 Å². The predicted molar refractivity (Wildman–Crippen MR) is 79.1 cm³/mol. The summed E-state index contributed by atoms with van der Waals surface area (Å²) >= 11 is 5.83. The van der Waals surface area contributed by atoms with Crippen LogP contribution in [-0.4, -0.2) is 37.8 Å². The first-order valence-corrected chi connectivity index (χ1v) is 5.95. The van der Waals surface area contributed by atoms with Crippen LogP contribution in [0.1, 0.15) is 11.6 Å². The highest BCUT2D eigenvalue weighted by molar-refractivity contribution is 6.30. The van der Waals surface area contributed by atoms with Gasteiger partial charge < -0.3 is 5.32 Å². The summed E-state index contributed by atoms with van der Waals surface area (Å²) in [7, 11) is 0. The van der Waals surface area contributed by atoms with Gasteiger partial charge in [-0.1, -0.05) is 23.7 Å². The Hall–Kier alpha value is -0.0600. The SMILES string of the molecule is Cl.Cl.FC[C@@H](c1ccc(Cl)cc1)N1CCNCC1. The lowest BCUT2D eigenvalue weighted by atomic mass is 10.1. The summed E-state index contributed by atoms with van der Waals surface area (Å²) in [6, 6.07) is 7.34. The van der Waals surface area contributed by atoms with Crippen molar-refractivity contribution in [1.82, 2.24) is 10.2 Å². The van der Waals surface area contributed by atoms with Gasteiger partial charge in [0.25, 0.3) is 0 Å². The quantitative estimate of drug-likeness (QED) is 0.922. The number of alkyl halides is 1. The van der Waals surface area contributed by atoms with Crippen LogP contribution < -0.4 is 5.32 Å². The average Bonchev–Trinajstić information content (AvgIpc) is 2.34. The fourth-order valence-corrected chi connectivity index (χ4v) is 2.20. The number of hydrogen-bond donors (Lipinski definition) is 1. The Morgan fingerprint density at radius 3 is 2.22 bits per heavy atom. The Labute approximate surface area is 125 Å². The highest BCUT2D eigenvalue weighted by atomic mass is 35.5. The van der Waals surface area contributed by atoms with E-state index in [0.29, 0.717) is 5.02 Å². The van der Waals surface area contributed by atoms with Crippen LogP contribution in [0.4, 0.5) is 4.39 Å². The number of hydrogen-bond acceptors (Lipinski definition) is 2. The summed E-state index contributed by atoms with van der Waals surface area (Å²) in [6.45, 7) is 3.32. The highest BCUT2D eigenvalue weighted by Crippen LogP contribution is 2.23. The molecule has 104 valence electrons. The van der Waals surface area contributed by atoms with E-state index in [1.807, 2.05) is 24.3 Å². The lowest BCUT2D eigenvalue weighted by Gasteiger charge is -2.33. The van der Waals surface area contributed by atoms with Gasteiger partial charge in [0.1, 0.15) is 6.67 Å². The van der Waals surface area contributed by atoms with Crippen molar-refractivity contribution in [3.63, 3.8) is 0 Å². The molecule has 0 unspecified atom stereocenters. The van der Waals surface area contributed by atoms with Crippen molar-refractivity contribution >= 4 is 36.4 Å². The van der Waals surface area contributed by atoms with Crippen molar-refractivity contribution in [3.05, 3.63) is 34.9 Å². The molecular formula is C12H18Cl3FN2. The summed E-state index contributed by atoms with van der Waals surface area (Å²) in [6.07, 6.45) is 0. The minimum Gasteiger partial charge on any atom is -0.314 e. The van der Waals surface area contributed by atoms with Crippen molar-refractivity contribution in [2.75, 3.05) is 32.9 Å². The maximum atomic E-state index is 13.1. The number of nitrogens with zero attached hydrogens (tertiary/aromatic N) is 1. The number of benzene rings is 1. The average molecular weight is 316 g/mol. The van der Waals surface area contributed by atoms with E-state index < -0.39 is 0 Å². The molecule has 0 bridgehead atoms. The molecule has 0 aliphatic carbocycles. The minimum atomic E-state index is -0.346. The number of halogens is 4. The van der Waals surface area contributed by atoms with E-state index in [1.165, 1.54) is 0 Å². The van der Waals surface area contributed by atoms with E-state index >= 15 is 0 Å². The van der Waals surface area contributed by atoms with Crippen molar-refractivity contribution in [1.29, 1.82) is 0 Å². The fourth-order valence-electron chi connectivity index (χ4n) is 2.08. The van der Waals surface area contributed by atoms with Crippen molar-refractivity contribution in [2.45, 2.75) is 6.04 Å². The van der Waals surface area contributed by atoms with Gasteiger partial charge in [0.05, 0.1) is 6.04 Å². The monoisotopic (exact) mass is 314 g/mol. The fraction of sp³-hybridized carbons (Fsp3) is 0.500. The van der Waals surface area contributed by atoms with Crippen molar-refractivity contribution in [2.24, 2.45) is 0 Å². The van der Waals surface area contributed by atoms with E-state index in [4.69, 9.17) is 11.6 Å². The van der Waals surface area contributed by atoms with Crippen LogP contribution in [-0.2, 0) is 0 Å². The maximum absolute atomic E-state index is 13.1. The standard InChI is InChI=1S/C12H16ClFN2.2ClH/c13-11-3-1-10(2-4-11)12(9-14)16-7-5-15-6-8-16;;/h1-4,12,15H,5-9H2;2*1H/t12-;;/m0../s1. The molecule has 1 N–H and O–H groups in total. The normalized spacial score (nSPS) is 17.4. The summed E-state index contributed by atoms with van der Waals surface area (Å²) in [5.41, 5.74) is 1.01. The van der Waals surface area contributed by atoms with Crippen molar-refractivity contribution < 1.29 is 4.39 Å². The molecule has 2 nitrogen and oxygen atoms in total. The Bertz CT molecular complexity index is 329. The second-order valence-corrected chi connectivity index (χ2v) is 4.44. The lowest BCUT2D eigenvalue weighted by Crippen LogP contribution is -2.45. The summed E-state index contributed by atoms with van der Waals surface area (Å²) in [5, 5.41) is 3.97. The Balaban J connectivity index is 0.00000144. The number of rotatable bonds is 3. The highest BCUT2D eigenvalue weighted by Gasteiger charge is 2.21. The molecule has 1 aromatic carbocycles. The van der Waals surface area contributed by atoms with Gasteiger partial charge in [0.15, 0.2) is 0 Å². The van der Waals surface area contributed by atoms with E-state index in [9.17, 15) is 4.39 Å². The first kappa shape index (κ1) is 17.9. The smallest absolute Gasteiger partial charge is 0.109 e. The Morgan fingerprint density at radius 1 is 1.17 bits per heavy atom. The molecule has 2 rings (SSSR count). The molecule has 1 aliphatic rings. The van der Waals surface area contributed by atoms with Crippen LogP contribution in [0, 0.1) is 0 Å². The topological polar surface area (TPSA) is 15.3 Å². The minimum absolute atomic E-state index is 0. The van der Waals surface area contributed by atoms with Gasteiger partial charge in [-0.2, -0.15) is 0 Å². The molecule has 0 spiro atoms.